The van der Waals surface area contributed by atoms with Crippen molar-refractivity contribution in [1.82, 2.24) is 0 Å². The summed E-state index contributed by atoms with van der Waals surface area (Å²) in [6.07, 6.45) is 1.82. The first-order valence-electron chi connectivity index (χ1n) is 4.95. The highest BCUT2D eigenvalue weighted by Gasteiger charge is 2.20. The molecule has 0 aromatic heterocycles. The summed E-state index contributed by atoms with van der Waals surface area (Å²) in [5.74, 6) is -0.648. The molecule has 0 aliphatic carbocycles. The van der Waals surface area contributed by atoms with Crippen LogP contribution in [0, 0.1) is 5.92 Å². The van der Waals surface area contributed by atoms with Crippen LogP contribution in [-0.4, -0.2) is 11.6 Å². The molecule has 0 atom stereocenters. The zero-order chi connectivity index (χ0) is 11.2. The summed E-state index contributed by atoms with van der Waals surface area (Å²) >= 11 is 0. The van der Waals surface area contributed by atoms with Gasteiger partial charge in [-0.25, -0.2) is 4.79 Å². The monoisotopic (exact) mass is 204 g/mol. The van der Waals surface area contributed by atoms with E-state index in [1.807, 2.05) is 20.8 Å². The predicted molar refractivity (Wildman–Crippen MR) is 52.1 cm³/mol. The summed E-state index contributed by atoms with van der Waals surface area (Å²) in [6.45, 7) is 9.25. The van der Waals surface area contributed by atoms with Crippen molar-refractivity contribution in [3.8, 4) is 0 Å². The Balaban J connectivity index is 3.68. The van der Waals surface area contributed by atoms with E-state index in [1.165, 1.54) is 0 Å². The molecule has 0 spiro atoms. The first kappa shape index (κ1) is 13.4. The Morgan fingerprint density at radius 2 is 1.93 bits per heavy atom. The van der Waals surface area contributed by atoms with Gasteiger partial charge in [0.2, 0.25) is 0 Å². The number of rotatable bonds is 6. The molecule has 14 heavy (non-hydrogen) atoms. The van der Waals surface area contributed by atoms with Crippen molar-refractivity contribution in [2.75, 3.05) is 0 Å². The Bertz CT molecular complexity index is 175. The third-order valence-corrected chi connectivity index (χ3v) is 1.70. The standard InChI is InChI=1S/C10H20O4/c1-6-7-10(4,5)13-14-12-9(11)8(2)3/h8H,6-7H2,1-5H3. The maximum absolute atomic E-state index is 11.0. The highest BCUT2D eigenvalue weighted by atomic mass is 17.5. The quantitative estimate of drug-likeness (QED) is 0.493. The minimum Gasteiger partial charge on any atom is -0.269 e. The molecule has 0 heterocycles. The van der Waals surface area contributed by atoms with Gasteiger partial charge in [-0.05, 0) is 25.3 Å². The van der Waals surface area contributed by atoms with Gasteiger partial charge in [-0.1, -0.05) is 27.2 Å². The number of carbonyl (C=O) groups excluding carboxylic acids is 1. The van der Waals surface area contributed by atoms with Gasteiger partial charge in [0.1, 0.15) is 5.60 Å². The highest BCUT2D eigenvalue weighted by Crippen LogP contribution is 2.16. The fourth-order valence-electron chi connectivity index (χ4n) is 0.883. The molecule has 0 rings (SSSR count). The van der Waals surface area contributed by atoms with Crippen molar-refractivity contribution < 1.29 is 19.6 Å². The lowest BCUT2D eigenvalue weighted by Crippen LogP contribution is -2.25. The zero-order valence-electron chi connectivity index (χ0n) is 9.62. The van der Waals surface area contributed by atoms with E-state index < -0.39 is 11.6 Å². The Labute approximate surface area is 85.4 Å². The van der Waals surface area contributed by atoms with Gasteiger partial charge in [0.05, 0.1) is 5.92 Å². The maximum atomic E-state index is 11.0. The predicted octanol–water partition coefficient (Wildman–Crippen LogP) is 2.63. The Morgan fingerprint density at radius 3 is 2.36 bits per heavy atom. The fraction of sp³-hybridized carbons (Fsp3) is 0.900. The normalized spacial score (nSPS) is 11.9. The van der Waals surface area contributed by atoms with Gasteiger partial charge in [0.25, 0.3) is 0 Å². The van der Waals surface area contributed by atoms with Crippen LogP contribution in [0.1, 0.15) is 47.5 Å². The minimum atomic E-state index is -0.433. The topological polar surface area (TPSA) is 44.8 Å². The molecule has 0 N–H and O–H groups in total. The van der Waals surface area contributed by atoms with Crippen LogP contribution in [0.3, 0.4) is 0 Å². The van der Waals surface area contributed by atoms with E-state index in [2.05, 4.69) is 9.93 Å². The van der Waals surface area contributed by atoms with Crippen LogP contribution in [-0.2, 0) is 19.6 Å². The third-order valence-electron chi connectivity index (χ3n) is 1.70. The smallest absolute Gasteiger partial charge is 0.269 e. The molecule has 0 amide bonds. The molecule has 0 aliphatic heterocycles. The molecule has 0 bridgehead atoms. The van der Waals surface area contributed by atoms with Gasteiger partial charge >= 0.3 is 5.97 Å². The van der Waals surface area contributed by atoms with Crippen LogP contribution >= 0.6 is 0 Å². The molecule has 0 aromatic carbocycles. The lowest BCUT2D eigenvalue weighted by Gasteiger charge is -2.21. The molecule has 84 valence electrons. The molecule has 0 aliphatic rings. The average molecular weight is 204 g/mol. The van der Waals surface area contributed by atoms with E-state index in [0.29, 0.717) is 0 Å². The van der Waals surface area contributed by atoms with Crippen molar-refractivity contribution in [1.29, 1.82) is 0 Å². The molecule has 4 nitrogen and oxygen atoms in total. The van der Waals surface area contributed by atoms with E-state index in [4.69, 9.17) is 4.89 Å². The lowest BCUT2D eigenvalue weighted by atomic mass is 10.0. The van der Waals surface area contributed by atoms with Crippen LogP contribution in [0.2, 0.25) is 0 Å². The lowest BCUT2D eigenvalue weighted by molar-refractivity contribution is -0.518. The van der Waals surface area contributed by atoms with E-state index >= 15 is 0 Å². The Hall–Kier alpha value is -0.610. The second-order valence-electron chi connectivity index (χ2n) is 4.22. The van der Waals surface area contributed by atoms with E-state index in [-0.39, 0.29) is 5.92 Å². The average Bonchev–Trinajstić information content (AvgIpc) is 2.03. The number of carbonyl (C=O) groups is 1. The van der Waals surface area contributed by atoms with Gasteiger partial charge in [-0.3, -0.25) is 4.89 Å². The highest BCUT2D eigenvalue weighted by molar-refractivity contribution is 5.70. The van der Waals surface area contributed by atoms with Gasteiger partial charge in [0.15, 0.2) is 0 Å². The Morgan fingerprint density at radius 1 is 1.36 bits per heavy atom. The van der Waals surface area contributed by atoms with Crippen LogP contribution < -0.4 is 0 Å². The first-order chi connectivity index (χ1) is 6.39. The molecule has 4 heteroatoms. The molecule has 0 unspecified atom stereocenters. The van der Waals surface area contributed by atoms with E-state index in [9.17, 15) is 4.79 Å². The summed E-state index contributed by atoms with van der Waals surface area (Å²) in [7, 11) is 0. The minimum absolute atomic E-state index is 0.215. The van der Waals surface area contributed by atoms with E-state index in [1.54, 1.807) is 13.8 Å². The number of hydrogen-bond donors (Lipinski definition) is 0. The molecule has 0 aromatic rings. The van der Waals surface area contributed by atoms with Crippen molar-refractivity contribution in [3.63, 3.8) is 0 Å². The summed E-state index contributed by atoms with van der Waals surface area (Å²) in [5, 5.41) is 4.42. The summed E-state index contributed by atoms with van der Waals surface area (Å²) in [4.78, 5) is 20.3. The van der Waals surface area contributed by atoms with Crippen LogP contribution in [0.25, 0.3) is 0 Å². The molecule has 0 fully saturated rings. The van der Waals surface area contributed by atoms with Gasteiger partial charge < -0.3 is 0 Å². The van der Waals surface area contributed by atoms with Gasteiger partial charge in [-0.2, -0.15) is 4.89 Å². The number of hydrogen-bond acceptors (Lipinski definition) is 4. The Kier molecular flexibility index (Phi) is 5.72. The fourth-order valence-corrected chi connectivity index (χ4v) is 0.883. The largest absolute Gasteiger partial charge is 0.348 e. The maximum Gasteiger partial charge on any atom is 0.348 e. The van der Waals surface area contributed by atoms with Gasteiger partial charge in [-0.15, -0.1) is 0 Å². The molecule has 0 radical (unpaired) electrons. The molecule has 0 saturated carbocycles. The molecular formula is C10H20O4. The SMILES string of the molecule is CCCC(C)(C)OOOC(=O)C(C)C. The third kappa shape index (κ3) is 5.94. The zero-order valence-corrected chi connectivity index (χ0v) is 9.62. The van der Waals surface area contributed by atoms with Gasteiger partial charge in [0, 0.05) is 0 Å². The van der Waals surface area contributed by atoms with Crippen molar-refractivity contribution in [3.05, 3.63) is 0 Å². The summed E-state index contributed by atoms with van der Waals surface area (Å²) < 4.78 is 0. The molecule has 0 saturated heterocycles. The summed E-state index contributed by atoms with van der Waals surface area (Å²) in [5.41, 5.74) is -0.425. The second kappa shape index (κ2) is 5.98. The summed E-state index contributed by atoms with van der Waals surface area (Å²) in [6, 6.07) is 0. The van der Waals surface area contributed by atoms with Crippen molar-refractivity contribution in [2.24, 2.45) is 5.92 Å². The second-order valence-corrected chi connectivity index (χ2v) is 4.22. The molecular weight excluding hydrogens is 184 g/mol. The van der Waals surface area contributed by atoms with Crippen molar-refractivity contribution in [2.45, 2.75) is 53.1 Å². The van der Waals surface area contributed by atoms with Crippen LogP contribution in [0.5, 0.6) is 0 Å². The van der Waals surface area contributed by atoms with E-state index in [0.717, 1.165) is 12.8 Å². The van der Waals surface area contributed by atoms with Crippen LogP contribution in [0.4, 0.5) is 0 Å². The van der Waals surface area contributed by atoms with Crippen LogP contribution in [0.15, 0.2) is 0 Å². The van der Waals surface area contributed by atoms with Crippen molar-refractivity contribution >= 4 is 5.97 Å². The first-order valence-corrected chi connectivity index (χ1v) is 4.95.